The summed E-state index contributed by atoms with van der Waals surface area (Å²) >= 11 is 0. The summed E-state index contributed by atoms with van der Waals surface area (Å²) in [5, 5.41) is 5.67. The van der Waals surface area contributed by atoms with Gasteiger partial charge in [-0.2, -0.15) is 0 Å². The highest BCUT2D eigenvalue weighted by atomic mass is 32.2. The molecule has 1 aromatic rings. The van der Waals surface area contributed by atoms with Gasteiger partial charge in [0.2, 0.25) is 11.8 Å². The second kappa shape index (κ2) is 12.8. The SMILES string of the molecule is Cc1ccc([S@](=O)NC(=O)[C@@]23C[C@H]2C=CCCCCC[C@H](NC(=O)OC(C)(C)C)C(=O)N2CCC[C@H]2C(=O)N3)cc1. The molecule has 1 aromatic carbocycles. The zero-order chi connectivity index (χ0) is 29.8. The Balaban J connectivity index is 1.53. The molecule has 1 aliphatic carbocycles. The largest absolute Gasteiger partial charge is 0.444 e. The molecule has 0 aromatic heterocycles. The maximum absolute atomic E-state index is 13.7. The average Bonchev–Trinajstić information content (AvgIpc) is 3.35. The van der Waals surface area contributed by atoms with Crippen molar-refractivity contribution in [3.8, 4) is 0 Å². The van der Waals surface area contributed by atoms with E-state index in [1.807, 2.05) is 31.2 Å². The normalized spacial score (nSPS) is 27.8. The van der Waals surface area contributed by atoms with Gasteiger partial charge in [0.05, 0.1) is 4.90 Å². The number of ether oxygens (including phenoxy) is 1. The summed E-state index contributed by atoms with van der Waals surface area (Å²) in [4.78, 5) is 55.4. The summed E-state index contributed by atoms with van der Waals surface area (Å²) in [5.41, 5.74) is -0.940. The lowest BCUT2D eigenvalue weighted by molar-refractivity contribution is -0.141. The van der Waals surface area contributed by atoms with E-state index in [0.717, 1.165) is 31.2 Å². The highest BCUT2D eigenvalue weighted by Crippen LogP contribution is 2.45. The Morgan fingerprint density at radius 2 is 1.80 bits per heavy atom. The van der Waals surface area contributed by atoms with E-state index in [1.54, 1.807) is 32.9 Å². The van der Waals surface area contributed by atoms with Crippen LogP contribution in [-0.4, -0.2) is 62.7 Å². The van der Waals surface area contributed by atoms with Crippen molar-refractivity contribution in [1.29, 1.82) is 0 Å². The number of hydrogen-bond donors (Lipinski definition) is 3. The topological polar surface area (TPSA) is 134 Å². The van der Waals surface area contributed by atoms with Crippen LogP contribution in [0, 0.1) is 12.8 Å². The first-order chi connectivity index (χ1) is 19.4. The first-order valence-electron chi connectivity index (χ1n) is 14.5. The molecule has 224 valence electrons. The van der Waals surface area contributed by atoms with Crippen molar-refractivity contribution in [1.82, 2.24) is 20.3 Å². The fraction of sp³-hybridized carbons (Fsp3) is 0.600. The second-order valence-electron chi connectivity index (χ2n) is 12.2. The first-order valence-corrected chi connectivity index (χ1v) is 15.6. The summed E-state index contributed by atoms with van der Waals surface area (Å²) in [6.45, 7) is 7.57. The average molecular weight is 587 g/mol. The highest BCUT2D eigenvalue weighted by Gasteiger charge is 2.61. The zero-order valence-corrected chi connectivity index (χ0v) is 25.2. The Hall–Kier alpha value is -3.21. The molecule has 2 aliphatic heterocycles. The Morgan fingerprint density at radius 1 is 1.07 bits per heavy atom. The molecule has 3 N–H and O–H groups in total. The third-order valence-corrected chi connectivity index (χ3v) is 8.82. The number of alkyl carbamates (subject to hydrolysis) is 1. The van der Waals surface area contributed by atoms with Crippen molar-refractivity contribution >= 4 is 34.8 Å². The van der Waals surface area contributed by atoms with Gasteiger partial charge in [0.25, 0.3) is 5.91 Å². The van der Waals surface area contributed by atoms with Gasteiger partial charge >= 0.3 is 6.09 Å². The number of carbonyl (C=O) groups excluding carboxylic acids is 4. The fourth-order valence-electron chi connectivity index (χ4n) is 5.44. The molecule has 3 aliphatic rings. The van der Waals surface area contributed by atoms with Crippen LogP contribution in [0.4, 0.5) is 4.79 Å². The van der Waals surface area contributed by atoms with Gasteiger partial charge in [-0.25, -0.2) is 9.00 Å². The van der Waals surface area contributed by atoms with Crippen molar-refractivity contribution in [3.05, 3.63) is 42.0 Å². The van der Waals surface area contributed by atoms with Gasteiger partial charge in [0.1, 0.15) is 23.2 Å². The minimum Gasteiger partial charge on any atom is -0.444 e. The maximum atomic E-state index is 13.7. The molecule has 0 unspecified atom stereocenters. The lowest BCUT2D eigenvalue weighted by Crippen LogP contribution is -2.58. The number of fused-ring (bicyclic) bond motifs is 2. The lowest BCUT2D eigenvalue weighted by atomic mass is 10.0. The predicted octanol–water partition coefficient (Wildman–Crippen LogP) is 3.41. The number of rotatable bonds is 4. The van der Waals surface area contributed by atoms with Gasteiger partial charge in [-0.3, -0.25) is 19.1 Å². The number of carbonyl (C=O) groups is 4. The van der Waals surface area contributed by atoms with Crippen LogP contribution < -0.4 is 15.4 Å². The number of aryl methyl sites for hydroxylation is 1. The fourth-order valence-corrected chi connectivity index (χ4v) is 6.29. The number of nitrogens with one attached hydrogen (secondary N) is 3. The van der Waals surface area contributed by atoms with Gasteiger partial charge in [-0.1, -0.05) is 42.7 Å². The maximum Gasteiger partial charge on any atom is 0.408 e. The summed E-state index contributed by atoms with van der Waals surface area (Å²) in [6, 6.07) is 5.46. The van der Waals surface area contributed by atoms with Crippen LogP contribution in [0.25, 0.3) is 0 Å². The van der Waals surface area contributed by atoms with Gasteiger partial charge in [-0.05, 0) is 78.4 Å². The minimum absolute atomic E-state index is 0.237. The Kier molecular flexibility index (Phi) is 9.56. The molecule has 0 spiro atoms. The smallest absolute Gasteiger partial charge is 0.408 e. The molecular weight excluding hydrogens is 544 g/mol. The van der Waals surface area contributed by atoms with E-state index < -0.39 is 52.1 Å². The molecule has 11 heteroatoms. The molecule has 1 saturated heterocycles. The van der Waals surface area contributed by atoms with Gasteiger partial charge in [0.15, 0.2) is 11.0 Å². The van der Waals surface area contributed by atoms with Crippen LogP contribution in [0.5, 0.6) is 0 Å². The van der Waals surface area contributed by atoms with Crippen molar-refractivity contribution in [2.75, 3.05) is 6.54 Å². The van der Waals surface area contributed by atoms with Crippen molar-refractivity contribution in [2.24, 2.45) is 5.92 Å². The molecular formula is C30H42N4O6S. The van der Waals surface area contributed by atoms with E-state index in [9.17, 15) is 23.4 Å². The minimum atomic E-state index is -1.79. The monoisotopic (exact) mass is 586 g/mol. The molecule has 0 bridgehead atoms. The third-order valence-electron chi connectivity index (χ3n) is 7.75. The van der Waals surface area contributed by atoms with Crippen molar-refractivity contribution in [3.63, 3.8) is 0 Å². The van der Waals surface area contributed by atoms with E-state index in [2.05, 4.69) is 15.4 Å². The Labute approximate surface area is 244 Å². The van der Waals surface area contributed by atoms with E-state index in [4.69, 9.17) is 4.74 Å². The van der Waals surface area contributed by atoms with Gasteiger partial charge in [0, 0.05) is 12.5 Å². The molecule has 4 rings (SSSR count). The van der Waals surface area contributed by atoms with E-state index >= 15 is 0 Å². The van der Waals surface area contributed by atoms with Crippen LogP contribution in [0.2, 0.25) is 0 Å². The van der Waals surface area contributed by atoms with Gasteiger partial charge < -0.3 is 20.3 Å². The van der Waals surface area contributed by atoms with E-state index in [-0.39, 0.29) is 11.8 Å². The quantitative estimate of drug-likeness (QED) is 0.463. The van der Waals surface area contributed by atoms with Crippen molar-refractivity contribution < 1.29 is 28.1 Å². The van der Waals surface area contributed by atoms with Crippen LogP contribution in [0.3, 0.4) is 0 Å². The standard InChI is InChI=1S/C30H42N4O6S/c1-20-14-16-22(17-15-20)41(39)33-27(37)30-19-21(30)11-8-6-5-7-9-12-23(31-28(38)40-29(2,3)4)26(36)34-18-10-13-24(34)25(35)32-30/h8,11,14-17,21,23-24H,5-7,9-10,12-13,18-19H2,1-4H3,(H,31,38)(H,32,35)(H,33,37)/t21-,23+,24+,30-,41+/m1/s1. The third kappa shape index (κ3) is 7.75. The lowest BCUT2D eigenvalue weighted by Gasteiger charge is -2.30. The molecule has 10 nitrogen and oxygen atoms in total. The highest BCUT2D eigenvalue weighted by molar-refractivity contribution is 7.83. The molecule has 2 fully saturated rings. The Morgan fingerprint density at radius 3 is 2.51 bits per heavy atom. The van der Waals surface area contributed by atoms with Crippen LogP contribution in [0.15, 0.2) is 41.3 Å². The molecule has 1 saturated carbocycles. The van der Waals surface area contributed by atoms with Crippen LogP contribution in [-0.2, 0) is 30.1 Å². The molecule has 2 heterocycles. The Bertz CT molecular complexity index is 1210. The number of amides is 4. The second-order valence-corrected chi connectivity index (χ2v) is 13.5. The number of hydrogen-bond acceptors (Lipinski definition) is 6. The molecule has 4 amide bonds. The number of nitrogens with zero attached hydrogens (tertiary/aromatic N) is 1. The summed E-state index contributed by atoms with van der Waals surface area (Å²) < 4.78 is 20.9. The molecule has 41 heavy (non-hydrogen) atoms. The van der Waals surface area contributed by atoms with Gasteiger partial charge in [-0.15, -0.1) is 0 Å². The van der Waals surface area contributed by atoms with Crippen molar-refractivity contribution in [2.45, 2.75) is 107 Å². The van der Waals surface area contributed by atoms with E-state index in [0.29, 0.717) is 37.1 Å². The summed E-state index contributed by atoms with van der Waals surface area (Å²) in [5.74, 6) is -1.50. The van der Waals surface area contributed by atoms with Crippen LogP contribution in [0.1, 0.15) is 77.7 Å². The number of allylic oxidation sites excluding steroid dienone is 1. The predicted molar refractivity (Wildman–Crippen MR) is 155 cm³/mol. The number of benzene rings is 1. The molecule has 5 atom stereocenters. The summed E-state index contributed by atoms with van der Waals surface area (Å²) in [7, 11) is -1.79. The first kappa shape index (κ1) is 30.7. The van der Waals surface area contributed by atoms with E-state index in [1.165, 1.54) is 4.90 Å². The van der Waals surface area contributed by atoms with Crippen LogP contribution >= 0.6 is 0 Å². The summed E-state index contributed by atoms with van der Waals surface area (Å²) in [6.07, 6.45) is 8.45. The zero-order valence-electron chi connectivity index (χ0n) is 24.4. The molecule has 0 radical (unpaired) electrons.